The second kappa shape index (κ2) is 7.44. The van der Waals surface area contributed by atoms with Gasteiger partial charge in [0.05, 0.1) is 23.0 Å². The minimum absolute atomic E-state index is 0.183. The van der Waals surface area contributed by atoms with Crippen LogP contribution in [-0.2, 0) is 9.59 Å². The van der Waals surface area contributed by atoms with E-state index in [4.69, 9.17) is 22.6 Å². The van der Waals surface area contributed by atoms with Gasteiger partial charge in [-0.1, -0.05) is 11.6 Å². The fourth-order valence-electron chi connectivity index (χ4n) is 2.70. The number of nitrogens with zero attached hydrogens (tertiary/aromatic N) is 2. The van der Waals surface area contributed by atoms with Crippen LogP contribution < -0.4 is 11.1 Å². The Morgan fingerprint density at radius 3 is 2.83 bits per heavy atom. The molecule has 0 unspecified atom stereocenters. The Bertz CT molecular complexity index is 656. The molecule has 7 heteroatoms. The van der Waals surface area contributed by atoms with Crippen LogP contribution in [0, 0.1) is 17.2 Å². The van der Waals surface area contributed by atoms with Crippen molar-refractivity contribution in [2.75, 3.05) is 18.4 Å². The Hall–Kier alpha value is -2.10. The van der Waals surface area contributed by atoms with Gasteiger partial charge in [-0.05, 0) is 38.0 Å². The van der Waals surface area contributed by atoms with E-state index in [1.165, 1.54) is 0 Å². The maximum Gasteiger partial charge on any atom is 0.238 e. The molecule has 0 bridgehead atoms. The van der Waals surface area contributed by atoms with E-state index in [1.807, 2.05) is 17.9 Å². The molecule has 1 aliphatic heterocycles. The summed E-state index contributed by atoms with van der Waals surface area (Å²) in [6.07, 6.45) is 1.60. The lowest BCUT2D eigenvalue weighted by Gasteiger charge is -2.36. The van der Waals surface area contributed by atoms with Crippen molar-refractivity contribution in [3.8, 4) is 6.07 Å². The van der Waals surface area contributed by atoms with E-state index in [2.05, 4.69) is 5.32 Å². The molecule has 0 aliphatic carbocycles. The second-order valence-electron chi connectivity index (χ2n) is 5.81. The third-order valence-electron chi connectivity index (χ3n) is 4.13. The maximum atomic E-state index is 12.2. The van der Waals surface area contributed by atoms with E-state index in [9.17, 15) is 9.59 Å². The first-order chi connectivity index (χ1) is 10.9. The minimum atomic E-state index is -0.318. The molecule has 0 spiro atoms. The number of rotatable bonds is 4. The topological polar surface area (TPSA) is 99.2 Å². The van der Waals surface area contributed by atoms with E-state index in [1.54, 1.807) is 18.2 Å². The lowest BCUT2D eigenvalue weighted by atomic mass is 9.93. The summed E-state index contributed by atoms with van der Waals surface area (Å²) in [4.78, 5) is 25.5. The van der Waals surface area contributed by atoms with Gasteiger partial charge in [-0.2, -0.15) is 5.26 Å². The molecule has 1 aromatic rings. The number of anilines is 1. The van der Waals surface area contributed by atoms with Crippen molar-refractivity contribution in [2.45, 2.75) is 25.8 Å². The van der Waals surface area contributed by atoms with Gasteiger partial charge in [-0.3, -0.25) is 14.5 Å². The molecule has 1 heterocycles. The van der Waals surface area contributed by atoms with Gasteiger partial charge in [0.1, 0.15) is 6.07 Å². The minimum Gasteiger partial charge on any atom is -0.369 e. The standard InChI is InChI=1S/C16H19ClN4O2/c1-10-2-3-12(16(19)23)8-21(10)9-15(22)20-13-5-4-11(7-18)14(17)6-13/h4-6,10,12H,2-3,8-9H2,1H3,(H2,19,23)(H,20,22)/t10-,12+/m1/s1. The van der Waals surface area contributed by atoms with E-state index in [0.717, 1.165) is 12.8 Å². The van der Waals surface area contributed by atoms with Crippen molar-refractivity contribution in [1.82, 2.24) is 4.90 Å². The first-order valence-electron chi connectivity index (χ1n) is 7.43. The highest BCUT2D eigenvalue weighted by Crippen LogP contribution is 2.22. The first-order valence-corrected chi connectivity index (χ1v) is 7.81. The Labute approximate surface area is 140 Å². The zero-order chi connectivity index (χ0) is 17.0. The largest absolute Gasteiger partial charge is 0.369 e. The summed E-state index contributed by atoms with van der Waals surface area (Å²) in [5, 5.41) is 11.9. The molecule has 3 N–H and O–H groups in total. The number of carbonyl (C=O) groups excluding carboxylic acids is 2. The van der Waals surface area contributed by atoms with E-state index >= 15 is 0 Å². The van der Waals surface area contributed by atoms with E-state index < -0.39 is 0 Å². The summed E-state index contributed by atoms with van der Waals surface area (Å²) in [6.45, 7) is 2.71. The summed E-state index contributed by atoms with van der Waals surface area (Å²) in [5.41, 5.74) is 6.26. The highest BCUT2D eigenvalue weighted by Gasteiger charge is 2.29. The smallest absolute Gasteiger partial charge is 0.238 e. The molecule has 2 amide bonds. The second-order valence-corrected chi connectivity index (χ2v) is 6.22. The van der Waals surface area contributed by atoms with Crippen molar-refractivity contribution >= 4 is 29.1 Å². The Morgan fingerprint density at radius 1 is 1.48 bits per heavy atom. The van der Waals surface area contributed by atoms with Gasteiger partial charge in [-0.25, -0.2) is 0 Å². The lowest BCUT2D eigenvalue weighted by Crippen LogP contribution is -2.48. The van der Waals surface area contributed by atoms with E-state index in [0.29, 0.717) is 22.8 Å². The number of amides is 2. The molecule has 122 valence electrons. The average Bonchev–Trinajstić information content (AvgIpc) is 2.49. The fourth-order valence-corrected chi connectivity index (χ4v) is 2.92. The zero-order valence-electron chi connectivity index (χ0n) is 12.9. The highest BCUT2D eigenvalue weighted by molar-refractivity contribution is 6.32. The maximum absolute atomic E-state index is 12.2. The monoisotopic (exact) mass is 334 g/mol. The van der Waals surface area contributed by atoms with Crippen LogP contribution >= 0.6 is 11.6 Å². The number of hydrogen-bond acceptors (Lipinski definition) is 4. The molecule has 1 aromatic carbocycles. The van der Waals surface area contributed by atoms with Gasteiger partial charge >= 0.3 is 0 Å². The third kappa shape index (κ3) is 4.44. The van der Waals surface area contributed by atoms with Gasteiger partial charge < -0.3 is 11.1 Å². The Morgan fingerprint density at radius 2 is 2.22 bits per heavy atom. The van der Waals surface area contributed by atoms with Crippen LogP contribution in [0.25, 0.3) is 0 Å². The molecule has 1 saturated heterocycles. The molecule has 1 fully saturated rings. The molecule has 2 atom stereocenters. The number of nitrogens with one attached hydrogen (secondary N) is 1. The van der Waals surface area contributed by atoms with Crippen LogP contribution in [0.5, 0.6) is 0 Å². The molecule has 0 radical (unpaired) electrons. The Kier molecular flexibility index (Phi) is 5.59. The SMILES string of the molecule is C[C@@H]1CC[C@H](C(N)=O)CN1CC(=O)Nc1ccc(C#N)c(Cl)c1. The molecular weight excluding hydrogens is 316 g/mol. The van der Waals surface area contributed by atoms with Gasteiger partial charge in [0.2, 0.25) is 11.8 Å². The van der Waals surface area contributed by atoms with Crippen molar-refractivity contribution in [1.29, 1.82) is 5.26 Å². The van der Waals surface area contributed by atoms with Crippen LogP contribution in [0.2, 0.25) is 5.02 Å². The van der Waals surface area contributed by atoms with Crippen molar-refractivity contribution in [3.05, 3.63) is 28.8 Å². The van der Waals surface area contributed by atoms with Crippen LogP contribution in [0.1, 0.15) is 25.3 Å². The van der Waals surface area contributed by atoms with Crippen LogP contribution in [0.15, 0.2) is 18.2 Å². The quantitative estimate of drug-likeness (QED) is 0.875. The predicted octanol–water partition coefficient (Wildman–Crippen LogP) is 1.74. The number of piperidine rings is 1. The summed E-state index contributed by atoms with van der Waals surface area (Å²) >= 11 is 5.95. The molecule has 6 nitrogen and oxygen atoms in total. The van der Waals surface area contributed by atoms with Crippen LogP contribution in [0.3, 0.4) is 0 Å². The first kappa shape index (κ1) is 17.3. The summed E-state index contributed by atoms with van der Waals surface area (Å²) < 4.78 is 0. The van der Waals surface area contributed by atoms with Crippen molar-refractivity contribution in [3.63, 3.8) is 0 Å². The molecule has 0 saturated carbocycles. The number of primary amides is 1. The van der Waals surface area contributed by atoms with Crippen LogP contribution in [-0.4, -0.2) is 35.8 Å². The predicted molar refractivity (Wildman–Crippen MR) is 87.8 cm³/mol. The highest BCUT2D eigenvalue weighted by atomic mass is 35.5. The normalized spacial score (nSPS) is 21.4. The summed E-state index contributed by atoms with van der Waals surface area (Å²) in [7, 11) is 0. The van der Waals surface area contributed by atoms with Gasteiger partial charge in [0.25, 0.3) is 0 Å². The Balaban J connectivity index is 1.97. The molecular formula is C16H19ClN4O2. The average molecular weight is 335 g/mol. The molecule has 2 rings (SSSR count). The molecule has 0 aromatic heterocycles. The number of hydrogen-bond donors (Lipinski definition) is 2. The number of carbonyl (C=O) groups is 2. The number of nitriles is 1. The summed E-state index contributed by atoms with van der Waals surface area (Å²) in [5.74, 6) is -0.715. The number of nitrogens with two attached hydrogens (primary N) is 1. The van der Waals surface area contributed by atoms with Gasteiger partial charge in [-0.15, -0.1) is 0 Å². The molecule has 1 aliphatic rings. The van der Waals surface area contributed by atoms with Crippen molar-refractivity contribution in [2.24, 2.45) is 11.7 Å². The van der Waals surface area contributed by atoms with Gasteiger partial charge in [0, 0.05) is 18.3 Å². The van der Waals surface area contributed by atoms with Crippen molar-refractivity contribution < 1.29 is 9.59 Å². The third-order valence-corrected chi connectivity index (χ3v) is 4.45. The lowest BCUT2D eigenvalue weighted by molar-refractivity contribution is -0.126. The number of benzene rings is 1. The van der Waals surface area contributed by atoms with E-state index in [-0.39, 0.29) is 30.3 Å². The van der Waals surface area contributed by atoms with Gasteiger partial charge in [0.15, 0.2) is 0 Å². The summed E-state index contributed by atoms with van der Waals surface area (Å²) in [6, 6.07) is 6.93. The number of likely N-dealkylation sites (tertiary alicyclic amines) is 1. The molecule has 23 heavy (non-hydrogen) atoms. The number of halogens is 1. The fraction of sp³-hybridized carbons (Fsp3) is 0.438. The zero-order valence-corrected chi connectivity index (χ0v) is 13.6. The van der Waals surface area contributed by atoms with Crippen LogP contribution in [0.4, 0.5) is 5.69 Å².